The van der Waals surface area contributed by atoms with Gasteiger partial charge in [0.25, 0.3) is 0 Å². The summed E-state index contributed by atoms with van der Waals surface area (Å²) < 4.78 is 1.15. The highest BCUT2D eigenvalue weighted by molar-refractivity contribution is 14.1. The van der Waals surface area contributed by atoms with Gasteiger partial charge in [0.15, 0.2) is 0 Å². The number of aliphatic carboxylic acids is 1. The Hall–Kier alpha value is -0.840. The third-order valence-electron chi connectivity index (χ3n) is 2.42. The van der Waals surface area contributed by atoms with Crippen molar-refractivity contribution < 1.29 is 9.90 Å². The van der Waals surface area contributed by atoms with Gasteiger partial charge < -0.3 is 5.11 Å². The van der Waals surface area contributed by atoms with Gasteiger partial charge in [-0.1, -0.05) is 18.2 Å². The van der Waals surface area contributed by atoms with Crippen molar-refractivity contribution in [3.63, 3.8) is 0 Å². The summed E-state index contributed by atoms with van der Waals surface area (Å²) in [6, 6.07) is 7.85. The van der Waals surface area contributed by atoms with Gasteiger partial charge in [0.2, 0.25) is 0 Å². The summed E-state index contributed by atoms with van der Waals surface area (Å²) in [5.74, 6) is -0.837. The summed E-state index contributed by atoms with van der Waals surface area (Å²) in [4.78, 5) is 11.1. The zero-order valence-electron chi connectivity index (χ0n) is 8.53. The Kier molecular flexibility index (Phi) is 3.90. The van der Waals surface area contributed by atoms with Crippen LogP contribution in [0.1, 0.15) is 12.5 Å². The van der Waals surface area contributed by atoms with E-state index in [9.17, 15) is 4.79 Å². The van der Waals surface area contributed by atoms with E-state index in [1.807, 2.05) is 24.3 Å². The summed E-state index contributed by atoms with van der Waals surface area (Å²) in [5.41, 5.74) is 0.132. The van der Waals surface area contributed by atoms with Crippen molar-refractivity contribution in [1.82, 2.24) is 0 Å². The van der Waals surface area contributed by atoms with Crippen LogP contribution in [0, 0.1) is 8.99 Å². The first-order chi connectivity index (χ1) is 6.98. The van der Waals surface area contributed by atoms with Gasteiger partial charge in [-0.05, 0) is 53.6 Å². The predicted octanol–water partition coefficient (Wildman–Crippen LogP) is 3.11. The Balaban J connectivity index is 2.89. The smallest absolute Gasteiger partial charge is 0.313 e. The average molecular weight is 316 g/mol. The highest BCUT2D eigenvalue weighted by Gasteiger charge is 2.29. The highest BCUT2D eigenvalue weighted by atomic mass is 127. The summed E-state index contributed by atoms with van der Waals surface area (Å²) >= 11 is 2.22. The first-order valence-electron chi connectivity index (χ1n) is 4.59. The number of carbonyl (C=O) groups is 1. The van der Waals surface area contributed by atoms with Crippen LogP contribution >= 0.6 is 22.6 Å². The maximum atomic E-state index is 11.1. The normalized spacial score (nSPS) is 14.3. The fraction of sp³-hybridized carbons (Fsp3) is 0.250. The first kappa shape index (κ1) is 12.2. The number of hydrogen-bond donors (Lipinski definition) is 1. The fourth-order valence-corrected chi connectivity index (χ4v) is 1.62. The molecular weight excluding hydrogens is 303 g/mol. The molecule has 0 heterocycles. The largest absolute Gasteiger partial charge is 0.481 e. The van der Waals surface area contributed by atoms with Gasteiger partial charge >= 0.3 is 5.97 Å². The minimum atomic E-state index is -0.882. The molecular formula is C12H13IO2. The number of carboxylic acids is 1. The molecule has 0 amide bonds. The van der Waals surface area contributed by atoms with Crippen LogP contribution in [0.25, 0.3) is 0 Å². The van der Waals surface area contributed by atoms with Crippen molar-refractivity contribution in [1.29, 1.82) is 0 Å². The molecule has 1 unspecified atom stereocenters. The molecule has 0 aliphatic rings. The molecule has 1 aromatic carbocycles. The lowest BCUT2D eigenvalue weighted by Gasteiger charge is -2.20. The second-order valence-corrected chi connectivity index (χ2v) is 4.98. The maximum absolute atomic E-state index is 11.1. The minimum Gasteiger partial charge on any atom is -0.481 e. The van der Waals surface area contributed by atoms with Gasteiger partial charge in [-0.3, -0.25) is 4.79 Å². The Morgan fingerprint density at radius 3 is 2.47 bits per heavy atom. The molecule has 1 N–H and O–H groups in total. The Labute approximate surface area is 103 Å². The Morgan fingerprint density at radius 1 is 1.53 bits per heavy atom. The van der Waals surface area contributed by atoms with Gasteiger partial charge in [-0.15, -0.1) is 6.58 Å². The van der Waals surface area contributed by atoms with Crippen LogP contribution in [0.5, 0.6) is 0 Å². The summed E-state index contributed by atoms with van der Waals surface area (Å²) in [6.07, 6.45) is 1.97. The van der Waals surface area contributed by atoms with E-state index in [0.717, 1.165) is 9.13 Å². The molecule has 0 aromatic heterocycles. The van der Waals surface area contributed by atoms with Crippen molar-refractivity contribution in [2.75, 3.05) is 0 Å². The second-order valence-electron chi connectivity index (χ2n) is 3.73. The van der Waals surface area contributed by atoms with Gasteiger partial charge in [0.05, 0.1) is 5.41 Å². The number of rotatable bonds is 4. The van der Waals surface area contributed by atoms with Gasteiger partial charge in [-0.2, -0.15) is 0 Å². The lowest BCUT2D eigenvalue weighted by atomic mass is 9.84. The molecule has 3 heteroatoms. The van der Waals surface area contributed by atoms with E-state index in [1.165, 1.54) is 6.08 Å². The molecule has 0 bridgehead atoms. The topological polar surface area (TPSA) is 37.3 Å². The summed E-state index contributed by atoms with van der Waals surface area (Å²) in [7, 11) is 0. The predicted molar refractivity (Wildman–Crippen MR) is 68.8 cm³/mol. The SMILES string of the molecule is C=CC(C)(Cc1ccc(I)cc1)C(=O)O. The lowest BCUT2D eigenvalue weighted by molar-refractivity contribution is -0.145. The van der Waals surface area contributed by atoms with E-state index in [2.05, 4.69) is 29.2 Å². The molecule has 1 rings (SSSR count). The van der Waals surface area contributed by atoms with Crippen LogP contribution in [0.3, 0.4) is 0 Å². The molecule has 0 aliphatic heterocycles. The van der Waals surface area contributed by atoms with E-state index in [0.29, 0.717) is 6.42 Å². The molecule has 0 aliphatic carbocycles. The van der Waals surface area contributed by atoms with E-state index in [4.69, 9.17) is 5.11 Å². The van der Waals surface area contributed by atoms with Crippen molar-refractivity contribution in [2.24, 2.45) is 5.41 Å². The number of benzene rings is 1. The molecule has 0 saturated heterocycles. The van der Waals surface area contributed by atoms with E-state index < -0.39 is 11.4 Å². The van der Waals surface area contributed by atoms with Gasteiger partial charge in [0, 0.05) is 3.57 Å². The molecule has 2 nitrogen and oxygen atoms in total. The summed E-state index contributed by atoms with van der Waals surface area (Å²) in [5, 5.41) is 9.08. The fourth-order valence-electron chi connectivity index (χ4n) is 1.26. The van der Waals surface area contributed by atoms with Crippen molar-refractivity contribution in [3.8, 4) is 0 Å². The molecule has 1 aromatic rings. The Bertz CT molecular complexity index is 370. The monoisotopic (exact) mass is 316 g/mol. The van der Waals surface area contributed by atoms with E-state index in [-0.39, 0.29) is 0 Å². The molecule has 0 fully saturated rings. The zero-order valence-corrected chi connectivity index (χ0v) is 10.7. The number of halogens is 1. The second kappa shape index (κ2) is 4.79. The van der Waals surface area contributed by atoms with Crippen LogP contribution in [0.2, 0.25) is 0 Å². The third kappa shape index (κ3) is 3.06. The van der Waals surface area contributed by atoms with Crippen LogP contribution < -0.4 is 0 Å². The molecule has 0 radical (unpaired) electrons. The zero-order chi connectivity index (χ0) is 11.5. The van der Waals surface area contributed by atoms with Crippen LogP contribution in [0.4, 0.5) is 0 Å². The maximum Gasteiger partial charge on any atom is 0.313 e. The third-order valence-corrected chi connectivity index (χ3v) is 3.14. The van der Waals surface area contributed by atoms with Gasteiger partial charge in [-0.25, -0.2) is 0 Å². The lowest BCUT2D eigenvalue weighted by Crippen LogP contribution is -2.27. The standard InChI is InChI=1S/C12H13IO2/c1-3-12(2,11(14)15)8-9-4-6-10(13)7-5-9/h3-7H,1,8H2,2H3,(H,14,15). The number of hydrogen-bond acceptors (Lipinski definition) is 1. The first-order valence-corrected chi connectivity index (χ1v) is 5.67. The molecule has 0 spiro atoms. The van der Waals surface area contributed by atoms with Crippen molar-refractivity contribution >= 4 is 28.6 Å². The van der Waals surface area contributed by atoms with Gasteiger partial charge in [0.1, 0.15) is 0 Å². The van der Waals surface area contributed by atoms with Crippen molar-refractivity contribution in [2.45, 2.75) is 13.3 Å². The van der Waals surface area contributed by atoms with E-state index in [1.54, 1.807) is 6.92 Å². The molecule has 0 saturated carbocycles. The van der Waals surface area contributed by atoms with E-state index >= 15 is 0 Å². The minimum absolute atomic E-state index is 0.475. The summed E-state index contributed by atoms with van der Waals surface area (Å²) in [6.45, 7) is 5.27. The van der Waals surface area contributed by atoms with Crippen LogP contribution in [-0.4, -0.2) is 11.1 Å². The van der Waals surface area contributed by atoms with Crippen molar-refractivity contribution in [3.05, 3.63) is 46.1 Å². The van der Waals surface area contributed by atoms with Crippen LogP contribution in [-0.2, 0) is 11.2 Å². The highest BCUT2D eigenvalue weighted by Crippen LogP contribution is 2.24. The average Bonchev–Trinajstić information content (AvgIpc) is 2.21. The molecule has 15 heavy (non-hydrogen) atoms. The quantitative estimate of drug-likeness (QED) is 0.684. The van der Waals surface area contributed by atoms with Crippen LogP contribution in [0.15, 0.2) is 36.9 Å². The Morgan fingerprint density at radius 2 is 2.07 bits per heavy atom. The molecule has 80 valence electrons. The molecule has 1 atom stereocenters. The number of carboxylic acid groups (broad SMARTS) is 1.